The van der Waals surface area contributed by atoms with Crippen molar-refractivity contribution in [1.82, 2.24) is 14.8 Å². The summed E-state index contributed by atoms with van der Waals surface area (Å²) in [6, 6.07) is 14.9. The smallest absolute Gasteiger partial charge is 0.234 e. The van der Waals surface area contributed by atoms with E-state index in [2.05, 4.69) is 15.4 Å². The van der Waals surface area contributed by atoms with Crippen molar-refractivity contribution in [2.75, 3.05) is 25.3 Å². The van der Waals surface area contributed by atoms with E-state index in [1.807, 2.05) is 30.3 Å². The van der Waals surface area contributed by atoms with Crippen molar-refractivity contribution in [3.8, 4) is 17.2 Å². The summed E-state index contributed by atoms with van der Waals surface area (Å²) in [5.41, 5.74) is 1.53. The van der Waals surface area contributed by atoms with Gasteiger partial charge in [0, 0.05) is 11.8 Å². The summed E-state index contributed by atoms with van der Waals surface area (Å²) >= 11 is 1.31. The standard InChI is InChI=1S/C18H18N4O3S/c1-24-15-9-8-13(10-16(15)25-2)21-17(23)11-26-18-19-12-20-22(18)14-6-4-3-5-7-14/h3-10,12H,11H2,1-2H3,(H,21,23). The third kappa shape index (κ3) is 4.15. The topological polar surface area (TPSA) is 78.3 Å². The van der Waals surface area contributed by atoms with Crippen LogP contribution in [-0.2, 0) is 4.79 Å². The summed E-state index contributed by atoms with van der Waals surface area (Å²) in [6.07, 6.45) is 1.47. The lowest BCUT2D eigenvalue weighted by molar-refractivity contribution is -0.113. The van der Waals surface area contributed by atoms with Crippen LogP contribution in [0.4, 0.5) is 5.69 Å². The van der Waals surface area contributed by atoms with Gasteiger partial charge in [-0.25, -0.2) is 9.67 Å². The van der Waals surface area contributed by atoms with E-state index in [9.17, 15) is 4.79 Å². The lowest BCUT2D eigenvalue weighted by atomic mass is 10.2. The molecule has 8 heteroatoms. The molecule has 1 amide bonds. The Bertz CT molecular complexity index is 883. The van der Waals surface area contributed by atoms with Crippen molar-refractivity contribution in [3.63, 3.8) is 0 Å². The summed E-state index contributed by atoms with van der Waals surface area (Å²) in [7, 11) is 3.12. The van der Waals surface area contributed by atoms with Gasteiger partial charge in [0.05, 0.1) is 25.7 Å². The molecule has 0 aliphatic heterocycles. The number of nitrogens with one attached hydrogen (secondary N) is 1. The number of aromatic nitrogens is 3. The number of rotatable bonds is 7. The van der Waals surface area contributed by atoms with Crippen LogP contribution in [0.25, 0.3) is 5.69 Å². The highest BCUT2D eigenvalue weighted by atomic mass is 32.2. The van der Waals surface area contributed by atoms with Gasteiger partial charge < -0.3 is 14.8 Å². The molecule has 0 spiro atoms. The van der Waals surface area contributed by atoms with Gasteiger partial charge in [0.2, 0.25) is 5.91 Å². The van der Waals surface area contributed by atoms with E-state index in [1.165, 1.54) is 18.1 Å². The fourth-order valence-electron chi connectivity index (χ4n) is 2.32. The van der Waals surface area contributed by atoms with Crippen molar-refractivity contribution < 1.29 is 14.3 Å². The second-order valence-electron chi connectivity index (χ2n) is 5.20. The molecule has 0 bridgehead atoms. The number of nitrogens with zero attached hydrogens (tertiary/aromatic N) is 3. The zero-order valence-electron chi connectivity index (χ0n) is 14.4. The minimum absolute atomic E-state index is 0.148. The Hall–Kier alpha value is -3.00. The molecular formula is C18H18N4O3S. The quantitative estimate of drug-likeness (QED) is 0.644. The first kappa shape index (κ1) is 17.8. The van der Waals surface area contributed by atoms with Gasteiger partial charge in [-0.15, -0.1) is 0 Å². The average molecular weight is 370 g/mol. The van der Waals surface area contributed by atoms with E-state index >= 15 is 0 Å². The molecule has 7 nitrogen and oxygen atoms in total. The maximum absolute atomic E-state index is 12.2. The van der Waals surface area contributed by atoms with Crippen LogP contribution in [0.1, 0.15) is 0 Å². The Morgan fingerprint density at radius 1 is 1.12 bits per heavy atom. The van der Waals surface area contributed by atoms with Gasteiger partial charge in [-0.2, -0.15) is 5.10 Å². The van der Waals surface area contributed by atoms with Crippen molar-refractivity contribution in [1.29, 1.82) is 0 Å². The second kappa shape index (κ2) is 8.39. The largest absolute Gasteiger partial charge is 0.493 e. The highest BCUT2D eigenvalue weighted by molar-refractivity contribution is 7.99. The summed E-state index contributed by atoms with van der Waals surface area (Å²) in [5, 5.41) is 7.70. The van der Waals surface area contributed by atoms with Crippen LogP contribution in [0.2, 0.25) is 0 Å². The van der Waals surface area contributed by atoms with Gasteiger partial charge in [-0.05, 0) is 24.3 Å². The van der Waals surface area contributed by atoms with Crippen LogP contribution in [0.3, 0.4) is 0 Å². The van der Waals surface area contributed by atoms with Gasteiger partial charge in [0.15, 0.2) is 16.7 Å². The summed E-state index contributed by atoms with van der Waals surface area (Å²) in [6.45, 7) is 0. The first-order chi connectivity index (χ1) is 12.7. The average Bonchev–Trinajstić information content (AvgIpc) is 3.15. The SMILES string of the molecule is COc1ccc(NC(=O)CSc2ncnn2-c2ccccc2)cc1OC. The minimum Gasteiger partial charge on any atom is -0.493 e. The molecule has 2 aromatic carbocycles. The van der Waals surface area contributed by atoms with E-state index in [4.69, 9.17) is 9.47 Å². The molecule has 1 N–H and O–H groups in total. The highest BCUT2D eigenvalue weighted by Crippen LogP contribution is 2.30. The van der Waals surface area contributed by atoms with Crippen LogP contribution in [-0.4, -0.2) is 40.6 Å². The molecule has 1 aromatic heterocycles. The molecule has 3 aromatic rings. The number of thioether (sulfide) groups is 1. The number of hydrogen-bond acceptors (Lipinski definition) is 6. The molecular weight excluding hydrogens is 352 g/mol. The first-order valence-corrected chi connectivity index (χ1v) is 8.80. The third-order valence-corrected chi connectivity index (χ3v) is 4.46. The Labute approximate surface area is 155 Å². The number of benzene rings is 2. The molecule has 134 valence electrons. The first-order valence-electron chi connectivity index (χ1n) is 7.81. The fourth-order valence-corrected chi connectivity index (χ4v) is 3.05. The maximum Gasteiger partial charge on any atom is 0.234 e. The van der Waals surface area contributed by atoms with Gasteiger partial charge in [-0.3, -0.25) is 4.79 Å². The lowest BCUT2D eigenvalue weighted by Gasteiger charge is -2.10. The number of ether oxygens (including phenoxy) is 2. The second-order valence-corrected chi connectivity index (χ2v) is 6.14. The molecule has 0 radical (unpaired) electrons. The number of methoxy groups -OCH3 is 2. The van der Waals surface area contributed by atoms with E-state index < -0.39 is 0 Å². The Morgan fingerprint density at radius 2 is 1.88 bits per heavy atom. The van der Waals surface area contributed by atoms with Crippen molar-refractivity contribution in [2.24, 2.45) is 0 Å². The number of carbonyl (C=O) groups is 1. The summed E-state index contributed by atoms with van der Waals surface area (Å²) in [5.74, 6) is 1.22. The molecule has 1 heterocycles. The van der Waals surface area contributed by atoms with Crippen molar-refractivity contribution in [3.05, 3.63) is 54.9 Å². The minimum atomic E-state index is -0.148. The van der Waals surface area contributed by atoms with Gasteiger partial charge in [0.25, 0.3) is 0 Å². The van der Waals surface area contributed by atoms with Gasteiger partial charge in [-0.1, -0.05) is 30.0 Å². The number of anilines is 1. The Kier molecular flexibility index (Phi) is 5.75. The van der Waals surface area contributed by atoms with Crippen LogP contribution < -0.4 is 14.8 Å². The predicted molar refractivity (Wildman–Crippen MR) is 100 cm³/mol. The summed E-state index contributed by atoms with van der Waals surface area (Å²) in [4.78, 5) is 16.5. The Balaban J connectivity index is 1.63. The molecule has 0 saturated carbocycles. The fraction of sp³-hybridized carbons (Fsp3) is 0.167. The normalized spacial score (nSPS) is 10.4. The third-order valence-electron chi connectivity index (χ3n) is 3.52. The van der Waals surface area contributed by atoms with Gasteiger partial charge >= 0.3 is 0 Å². The van der Waals surface area contributed by atoms with Crippen molar-refractivity contribution >= 4 is 23.4 Å². The Morgan fingerprint density at radius 3 is 2.62 bits per heavy atom. The molecule has 26 heavy (non-hydrogen) atoms. The summed E-state index contributed by atoms with van der Waals surface area (Å²) < 4.78 is 12.1. The number of amides is 1. The molecule has 0 fully saturated rings. The monoisotopic (exact) mass is 370 g/mol. The van der Waals surface area contributed by atoms with Crippen molar-refractivity contribution in [2.45, 2.75) is 5.16 Å². The van der Waals surface area contributed by atoms with Crippen LogP contribution in [0.15, 0.2) is 60.0 Å². The molecule has 0 aliphatic rings. The zero-order valence-corrected chi connectivity index (χ0v) is 15.2. The van der Waals surface area contributed by atoms with Crippen LogP contribution in [0, 0.1) is 0 Å². The maximum atomic E-state index is 12.2. The lowest BCUT2D eigenvalue weighted by Crippen LogP contribution is -2.14. The zero-order chi connectivity index (χ0) is 18.4. The van der Waals surface area contributed by atoms with Gasteiger partial charge in [0.1, 0.15) is 6.33 Å². The number of hydrogen-bond donors (Lipinski definition) is 1. The van der Waals surface area contributed by atoms with E-state index in [1.54, 1.807) is 37.1 Å². The number of carbonyl (C=O) groups excluding carboxylic acids is 1. The van der Waals surface area contributed by atoms with Crippen LogP contribution >= 0.6 is 11.8 Å². The van der Waals surface area contributed by atoms with E-state index in [0.29, 0.717) is 22.3 Å². The highest BCUT2D eigenvalue weighted by Gasteiger charge is 2.11. The van der Waals surface area contributed by atoms with E-state index in [0.717, 1.165) is 5.69 Å². The number of para-hydroxylation sites is 1. The molecule has 3 rings (SSSR count). The molecule has 0 aliphatic carbocycles. The molecule has 0 saturated heterocycles. The molecule has 0 atom stereocenters. The van der Waals surface area contributed by atoms with E-state index in [-0.39, 0.29) is 11.7 Å². The predicted octanol–water partition coefficient (Wildman–Crippen LogP) is 3.02. The molecule has 0 unspecified atom stereocenters. The van der Waals surface area contributed by atoms with Crippen LogP contribution in [0.5, 0.6) is 11.5 Å².